The van der Waals surface area contributed by atoms with Gasteiger partial charge in [-0.25, -0.2) is 0 Å². The van der Waals surface area contributed by atoms with Gasteiger partial charge in [0.1, 0.15) is 0 Å². The Balaban J connectivity index is 1.19. The number of benzene rings is 2. The van der Waals surface area contributed by atoms with Gasteiger partial charge in [0.15, 0.2) is 0 Å². The Morgan fingerprint density at radius 3 is 2.39 bits per heavy atom. The fraction of sp³-hybridized carbons (Fsp3) is 0.533. The molecule has 6 nitrogen and oxygen atoms in total. The third kappa shape index (κ3) is 5.29. The number of rotatable bonds is 5. The minimum atomic E-state index is -0.0873. The molecule has 0 aromatic heterocycles. The van der Waals surface area contributed by atoms with Gasteiger partial charge in [0.25, 0.3) is 5.91 Å². The first-order chi connectivity index (χ1) is 17.4. The molecule has 3 aliphatic heterocycles. The number of carbonyl (C=O) groups is 2. The molecule has 2 aromatic rings. The van der Waals surface area contributed by atoms with Crippen LogP contribution in [0, 0.1) is 6.92 Å². The van der Waals surface area contributed by atoms with Crippen LogP contribution in [0.15, 0.2) is 42.5 Å². The second-order valence-electron chi connectivity index (χ2n) is 11.0. The van der Waals surface area contributed by atoms with Crippen LogP contribution >= 0.6 is 0 Å². The van der Waals surface area contributed by atoms with Crippen molar-refractivity contribution in [3.63, 3.8) is 0 Å². The van der Waals surface area contributed by atoms with Gasteiger partial charge in [0.2, 0.25) is 5.91 Å². The highest BCUT2D eigenvalue weighted by molar-refractivity contribution is 6.04. The summed E-state index contributed by atoms with van der Waals surface area (Å²) in [7, 11) is 0. The molecule has 0 aliphatic carbocycles. The number of nitrogens with one attached hydrogen (secondary N) is 1. The van der Waals surface area contributed by atoms with E-state index >= 15 is 0 Å². The summed E-state index contributed by atoms with van der Waals surface area (Å²) in [6.07, 6.45) is 5.98. The summed E-state index contributed by atoms with van der Waals surface area (Å²) in [5.74, 6) is 0.395. The Morgan fingerprint density at radius 2 is 1.69 bits per heavy atom. The van der Waals surface area contributed by atoms with Crippen molar-refractivity contribution in [3.05, 3.63) is 59.2 Å². The molecule has 0 radical (unpaired) electrons. The summed E-state index contributed by atoms with van der Waals surface area (Å²) in [6.45, 7) is 11.1. The van der Waals surface area contributed by atoms with Crippen molar-refractivity contribution in [2.45, 2.75) is 70.9 Å². The maximum absolute atomic E-state index is 13.0. The van der Waals surface area contributed by atoms with Gasteiger partial charge in [-0.2, -0.15) is 0 Å². The summed E-state index contributed by atoms with van der Waals surface area (Å²) < 4.78 is 0. The number of amides is 2. The van der Waals surface area contributed by atoms with E-state index in [1.807, 2.05) is 35.2 Å². The number of carbonyl (C=O) groups excluding carboxylic acids is 2. The minimum absolute atomic E-state index is 0.0873. The van der Waals surface area contributed by atoms with Crippen LogP contribution in [-0.4, -0.2) is 66.4 Å². The van der Waals surface area contributed by atoms with Crippen molar-refractivity contribution in [1.29, 1.82) is 0 Å². The van der Waals surface area contributed by atoms with Crippen LogP contribution < -0.4 is 10.2 Å². The van der Waals surface area contributed by atoms with Gasteiger partial charge in [-0.05, 0) is 94.0 Å². The van der Waals surface area contributed by atoms with E-state index in [-0.39, 0.29) is 11.8 Å². The van der Waals surface area contributed by atoms with Crippen LogP contribution in [0.3, 0.4) is 0 Å². The molecule has 36 heavy (non-hydrogen) atoms. The zero-order valence-corrected chi connectivity index (χ0v) is 22.0. The molecule has 3 aliphatic rings. The highest BCUT2D eigenvalue weighted by atomic mass is 16.2. The zero-order chi connectivity index (χ0) is 25.2. The molecule has 0 bridgehead atoms. The Kier molecular flexibility index (Phi) is 7.33. The normalized spacial score (nSPS) is 24.8. The summed E-state index contributed by atoms with van der Waals surface area (Å²) >= 11 is 0. The molecule has 3 unspecified atom stereocenters. The summed E-state index contributed by atoms with van der Waals surface area (Å²) in [5.41, 5.74) is 5.05. The van der Waals surface area contributed by atoms with E-state index < -0.39 is 0 Å². The van der Waals surface area contributed by atoms with Crippen molar-refractivity contribution in [1.82, 2.24) is 9.80 Å². The summed E-state index contributed by atoms with van der Waals surface area (Å²) in [6, 6.07) is 15.7. The van der Waals surface area contributed by atoms with Crippen LogP contribution in [0.2, 0.25) is 0 Å². The smallest absolute Gasteiger partial charge is 0.255 e. The maximum Gasteiger partial charge on any atom is 0.255 e. The van der Waals surface area contributed by atoms with Gasteiger partial charge in [0, 0.05) is 68.0 Å². The van der Waals surface area contributed by atoms with Gasteiger partial charge in [-0.1, -0.05) is 12.1 Å². The molecule has 2 aromatic carbocycles. The molecule has 3 atom stereocenters. The van der Waals surface area contributed by atoms with Gasteiger partial charge in [0.05, 0.1) is 0 Å². The van der Waals surface area contributed by atoms with E-state index in [1.165, 1.54) is 37.1 Å². The van der Waals surface area contributed by atoms with Crippen LogP contribution in [0.5, 0.6) is 0 Å². The largest absolute Gasteiger partial charge is 0.370 e. The lowest BCUT2D eigenvalue weighted by molar-refractivity contribution is -0.130. The lowest BCUT2D eigenvalue weighted by Gasteiger charge is -2.32. The molecule has 2 amide bonds. The fourth-order valence-electron chi connectivity index (χ4n) is 6.37. The highest BCUT2D eigenvalue weighted by Gasteiger charge is 2.33. The fourth-order valence-corrected chi connectivity index (χ4v) is 6.37. The number of hydrogen-bond donors (Lipinski definition) is 1. The highest BCUT2D eigenvalue weighted by Crippen LogP contribution is 2.31. The van der Waals surface area contributed by atoms with Crippen molar-refractivity contribution in [3.8, 4) is 0 Å². The van der Waals surface area contributed by atoms with E-state index in [9.17, 15) is 9.59 Å². The average Bonchev–Trinajstić information content (AvgIpc) is 3.54. The van der Waals surface area contributed by atoms with Crippen molar-refractivity contribution < 1.29 is 9.59 Å². The number of aryl methyl sites for hydroxylation is 1. The maximum atomic E-state index is 13.0. The Morgan fingerprint density at radius 1 is 0.917 bits per heavy atom. The molecule has 3 saturated heterocycles. The first-order valence-corrected chi connectivity index (χ1v) is 13.7. The quantitative estimate of drug-likeness (QED) is 0.641. The molecule has 0 saturated carbocycles. The predicted octanol–water partition coefficient (Wildman–Crippen LogP) is 5.04. The third-order valence-electron chi connectivity index (χ3n) is 8.57. The molecule has 0 spiro atoms. The molecule has 3 fully saturated rings. The standard InChI is InChI=1S/C30H40N4O2/c1-21-18-27(33-17-14-28(20-33)34-16-4-6-22(34)2)12-13-29(21)31-30(36)25-10-8-24(9-11-25)26-7-5-15-32(19-26)23(3)35/h8-13,18,22,26,28H,4-7,14-17,19-20H2,1-3H3,(H,31,36). The minimum Gasteiger partial charge on any atom is -0.370 e. The molecule has 192 valence electrons. The van der Waals surface area contributed by atoms with Crippen LogP contribution in [0.4, 0.5) is 11.4 Å². The molecule has 3 heterocycles. The zero-order valence-electron chi connectivity index (χ0n) is 22.0. The van der Waals surface area contributed by atoms with Gasteiger partial charge >= 0.3 is 0 Å². The van der Waals surface area contributed by atoms with E-state index in [4.69, 9.17) is 0 Å². The monoisotopic (exact) mass is 488 g/mol. The first kappa shape index (κ1) is 24.8. The van der Waals surface area contributed by atoms with Crippen molar-refractivity contribution >= 4 is 23.2 Å². The van der Waals surface area contributed by atoms with Crippen LogP contribution in [0.25, 0.3) is 0 Å². The van der Waals surface area contributed by atoms with Crippen LogP contribution in [0.1, 0.15) is 73.4 Å². The molecule has 1 N–H and O–H groups in total. The number of piperidine rings is 1. The Labute approximate surface area is 215 Å². The second-order valence-corrected chi connectivity index (χ2v) is 11.0. The van der Waals surface area contributed by atoms with Gasteiger partial charge < -0.3 is 15.1 Å². The third-order valence-corrected chi connectivity index (χ3v) is 8.57. The van der Waals surface area contributed by atoms with Gasteiger partial charge in [-0.3, -0.25) is 14.5 Å². The second kappa shape index (κ2) is 10.6. The predicted molar refractivity (Wildman–Crippen MR) is 146 cm³/mol. The van der Waals surface area contributed by atoms with E-state index in [2.05, 4.69) is 41.1 Å². The van der Waals surface area contributed by atoms with Crippen LogP contribution in [-0.2, 0) is 4.79 Å². The summed E-state index contributed by atoms with van der Waals surface area (Å²) in [4.78, 5) is 31.9. The lowest BCUT2D eigenvalue weighted by Crippen LogP contribution is -2.39. The van der Waals surface area contributed by atoms with Crippen molar-refractivity contribution in [2.75, 3.05) is 42.9 Å². The SMILES string of the molecule is CC(=O)N1CCCC(c2ccc(C(=O)Nc3ccc(N4CCC(N5CCCC5C)C4)cc3C)cc2)C1. The first-order valence-electron chi connectivity index (χ1n) is 13.7. The summed E-state index contributed by atoms with van der Waals surface area (Å²) in [5, 5.41) is 3.11. The average molecular weight is 489 g/mol. The van der Waals surface area contributed by atoms with E-state index in [0.29, 0.717) is 23.6 Å². The molecule has 5 rings (SSSR count). The number of likely N-dealkylation sites (tertiary alicyclic amines) is 2. The Hall–Kier alpha value is -2.86. The number of nitrogens with zero attached hydrogens (tertiary/aromatic N) is 3. The topological polar surface area (TPSA) is 55.9 Å². The van der Waals surface area contributed by atoms with E-state index in [0.717, 1.165) is 50.3 Å². The van der Waals surface area contributed by atoms with E-state index in [1.54, 1.807) is 6.92 Å². The number of hydrogen-bond acceptors (Lipinski definition) is 4. The number of anilines is 2. The molecular formula is C30H40N4O2. The van der Waals surface area contributed by atoms with Crippen molar-refractivity contribution in [2.24, 2.45) is 0 Å². The Bertz CT molecular complexity index is 1100. The molecular weight excluding hydrogens is 448 g/mol. The lowest BCUT2D eigenvalue weighted by atomic mass is 9.90. The van der Waals surface area contributed by atoms with Gasteiger partial charge in [-0.15, -0.1) is 0 Å². The molecule has 6 heteroatoms.